The molecule has 2 rings (SSSR count). The number of pyridine rings is 1. The quantitative estimate of drug-likeness (QED) is 0.655. The van der Waals surface area contributed by atoms with E-state index >= 15 is 0 Å². The molecule has 2 aromatic rings. The molecule has 6 heteroatoms. The number of carbonyl (C=O) groups excluding carboxylic acids is 1. The molecule has 1 N–H and O–H groups in total. The first-order valence-electron chi connectivity index (χ1n) is 7.12. The molecule has 0 radical (unpaired) electrons. The zero-order chi connectivity index (χ0) is 16.5. The molecule has 0 aliphatic carbocycles. The van der Waals surface area contributed by atoms with Crippen molar-refractivity contribution in [2.24, 2.45) is 5.10 Å². The fourth-order valence-corrected chi connectivity index (χ4v) is 1.89. The number of aromatic nitrogens is 1. The number of hydrazone groups is 1. The fraction of sp³-hybridized carbons (Fsp3) is 0.176. The number of carbonyl (C=O) groups is 1. The van der Waals surface area contributed by atoms with E-state index in [-0.39, 0.29) is 5.91 Å². The monoisotopic (exact) mass is 307 g/mol. The van der Waals surface area contributed by atoms with Gasteiger partial charge in [-0.05, 0) is 29.8 Å². The number of rotatable bonds is 6. The van der Waals surface area contributed by atoms with Gasteiger partial charge >= 0.3 is 0 Å². The van der Waals surface area contributed by atoms with Gasteiger partial charge in [-0.3, -0.25) is 9.78 Å². The van der Waals surface area contributed by atoms with Crippen LogP contribution in [0.4, 0.5) is 5.69 Å². The molecule has 116 valence electrons. The summed E-state index contributed by atoms with van der Waals surface area (Å²) in [5.41, 5.74) is 4.81. The third-order valence-electron chi connectivity index (χ3n) is 3.20. The lowest BCUT2D eigenvalue weighted by Crippen LogP contribution is -2.18. The van der Waals surface area contributed by atoms with Gasteiger partial charge in [-0.1, -0.05) is 12.1 Å². The van der Waals surface area contributed by atoms with Gasteiger partial charge in [0.05, 0.1) is 24.3 Å². The Morgan fingerprint density at radius 3 is 2.83 bits per heavy atom. The fourth-order valence-electron chi connectivity index (χ4n) is 1.89. The largest absolute Gasteiger partial charge is 0.374 e. The Morgan fingerprint density at radius 2 is 2.17 bits per heavy atom. The minimum atomic E-state index is -0.304. The molecule has 0 saturated heterocycles. The summed E-state index contributed by atoms with van der Waals surface area (Å²) >= 11 is 0. The van der Waals surface area contributed by atoms with Gasteiger partial charge in [-0.15, -0.1) is 0 Å². The Morgan fingerprint density at radius 1 is 1.39 bits per heavy atom. The predicted octanol–water partition coefficient (Wildman–Crippen LogP) is 2.20. The Bertz CT molecular complexity index is 704. The first-order chi connectivity index (χ1) is 11.2. The molecule has 0 saturated carbocycles. The summed E-state index contributed by atoms with van der Waals surface area (Å²) in [4.78, 5) is 17.7. The van der Waals surface area contributed by atoms with Gasteiger partial charge < -0.3 is 4.90 Å². The van der Waals surface area contributed by atoms with Gasteiger partial charge in [-0.25, -0.2) is 5.43 Å². The van der Waals surface area contributed by atoms with Crippen LogP contribution in [0.1, 0.15) is 22.3 Å². The Balaban J connectivity index is 1.91. The normalized spacial score (nSPS) is 10.3. The van der Waals surface area contributed by atoms with E-state index in [2.05, 4.69) is 21.6 Å². The lowest BCUT2D eigenvalue weighted by atomic mass is 10.2. The van der Waals surface area contributed by atoms with E-state index in [1.165, 1.54) is 6.20 Å². The molecule has 1 heterocycles. The van der Waals surface area contributed by atoms with Crippen molar-refractivity contribution >= 4 is 17.8 Å². The van der Waals surface area contributed by atoms with Crippen LogP contribution in [0.15, 0.2) is 53.9 Å². The van der Waals surface area contributed by atoms with E-state index in [1.54, 1.807) is 24.5 Å². The van der Waals surface area contributed by atoms with Crippen molar-refractivity contribution in [1.29, 1.82) is 5.26 Å². The summed E-state index contributed by atoms with van der Waals surface area (Å²) in [6.07, 6.45) is 5.15. The summed E-state index contributed by atoms with van der Waals surface area (Å²) < 4.78 is 0. The van der Waals surface area contributed by atoms with Crippen LogP contribution in [0, 0.1) is 11.3 Å². The minimum Gasteiger partial charge on any atom is -0.374 e. The lowest BCUT2D eigenvalue weighted by molar-refractivity contribution is 0.0955. The van der Waals surface area contributed by atoms with Crippen molar-refractivity contribution in [3.05, 3.63) is 59.9 Å². The topological polar surface area (TPSA) is 81.4 Å². The highest BCUT2D eigenvalue weighted by Crippen LogP contribution is 2.13. The molecule has 0 aliphatic heterocycles. The van der Waals surface area contributed by atoms with E-state index in [9.17, 15) is 4.79 Å². The second-order valence-corrected chi connectivity index (χ2v) is 4.86. The average molecular weight is 307 g/mol. The average Bonchev–Trinajstić information content (AvgIpc) is 2.61. The lowest BCUT2D eigenvalue weighted by Gasteiger charge is -2.17. The van der Waals surface area contributed by atoms with Crippen LogP contribution in [0.5, 0.6) is 0 Å². The summed E-state index contributed by atoms with van der Waals surface area (Å²) in [7, 11) is 1.94. The van der Waals surface area contributed by atoms with Crippen molar-refractivity contribution in [2.75, 3.05) is 18.5 Å². The molecule has 1 aromatic carbocycles. The number of nitrogens with one attached hydrogen (secondary N) is 1. The van der Waals surface area contributed by atoms with Crippen LogP contribution in [-0.4, -0.2) is 30.7 Å². The summed E-state index contributed by atoms with van der Waals surface area (Å²) in [6.45, 7) is 0.686. The van der Waals surface area contributed by atoms with Crippen LogP contribution in [0.25, 0.3) is 0 Å². The van der Waals surface area contributed by atoms with Crippen molar-refractivity contribution < 1.29 is 4.79 Å². The van der Waals surface area contributed by atoms with Crippen molar-refractivity contribution in [3.63, 3.8) is 0 Å². The standard InChI is InChI=1S/C17H17N5O/c1-22(11-3-9-18)16-7-5-14(6-8-16)12-20-21-17(23)15-4-2-10-19-13-15/h2,4-8,10,12-13H,3,11H2,1H3,(H,21,23). The molecule has 1 amide bonds. The number of anilines is 1. The van der Waals surface area contributed by atoms with Crippen LogP contribution in [-0.2, 0) is 0 Å². The van der Waals surface area contributed by atoms with Crippen molar-refractivity contribution in [1.82, 2.24) is 10.4 Å². The number of benzene rings is 1. The summed E-state index contributed by atoms with van der Waals surface area (Å²) in [6, 6.07) is 13.2. The van der Waals surface area contributed by atoms with Crippen LogP contribution >= 0.6 is 0 Å². The maximum Gasteiger partial charge on any atom is 0.272 e. The molecule has 0 bridgehead atoms. The molecular weight excluding hydrogens is 290 g/mol. The first kappa shape index (κ1) is 16.2. The highest BCUT2D eigenvalue weighted by molar-refractivity contribution is 5.94. The van der Waals surface area contributed by atoms with Gasteiger partial charge in [0, 0.05) is 31.7 Å². The van der Waals surface area contributed by atoms with Gasteiger partial charge in [-0.2, -0.15) is 10.4 Å². The van der Waals surface area contributed by atoms with Crippen molar-refractivity contribution in [3.8, 4) is 6.07 Å². The number of hydrogen-bond donors (Lipinski definition) is 1. The second-order valence-electron chi connectivity index (χ2n) is 4.86. The Hall–Kier alpha value is -3.20. The molecule has 23 heavy (non-hydrogen) atoms. The highest BCUT2D eigenvalue weighted by atomic mass is 16.2. The third-order valence-corrected chi connectivity index (χ3v) is 3.20. The number of amides is 1. The minimum absolute atomic E-state index is 0.304. The number of hydrogen-bond acceptors (Lipinski definition) is 5. The SMILES string of the molecule is CN(CCC#N)c1ccc(C=NNC(=O)c2cccnc2)cc1. The van der Waals surface area contributed by atoms with Gasteiger partial charge in [0.15, 0.2) is 0 Å². The van der Waals surface area contributed by atoms with Gasteiger partial charge in [0.2, 0.25) is 0 Å². The Kier molecular flexibility index (Phi) is 5.83. The van der Waals surface area contributed by atoms with E-state index in [1.807, 2.05) is 36.2 Å². The zero-order valence-corrected chi connectivity index (χ0v) is 12.8. The first-order valence-corrected chi connectivity index (χ1v) is 7.12. The molecule has 6 nitrogen and oxygen atoms in total. The van der Waals surface area contributed by atoms with Crippen LogP contribution in [0.3, 0.4) is 0 Å². The van der Waals surface area contributed by atoms with Gasteiger partial charge in [0.1, 0.15) is 0 Å². The smallest absolute Gasteiger partial charge is 0.272 e. The van der Waals surface area contributed by atoms with Crippen molar-refractivity contribution in [2.45, 2.75) is 6.42 Å². The molecule has 0 aliphatic rings. The van der Waals surface area contributed by atoms with E-state index in [4.69, 9.17) is 5.26 Å². The highest BCUT2D eigenvalue weighted by Gasteiger charge is 2.02. The molecule has 0 unspecified atom stereocenters. The van der Waals surface area contributed by atoms with Crippen LogP contribution in [0.2, 0.25) is 0 Å². The van der Waals surface area contributed by atoms with Gasteiger partial charge in [0.25, 0.3) is 5.91 Å². The zero-order valence-electron chi connectivity index (χ0n) is 12.8. The number of nitrogens with zero attached hydrogens (tertiary/aromatic N) is 4. The molecule has 1 aromatic heterocycles. The molecular formula is C17H17N5O. The summed E-state index contributed by atoms with van der Waals surface area (Å²) in [5.74, 6) is -0.304. The summed E-state index contributed by atoms with van der Waals surface area (Å²) in [5, 5.41) is 12.5. The van der Waals surface area contributed by atoms with E-state index in [0.717, 1.165) is 11.3 Å². The molecule has 0 fully saturated rings. The maximum absolute atomic E-state index is 11.8. The number of nitriles is 1. The third kappa shape index (κ3) is 4.93. The molecule has 0 spiro atoms. The van der Waals surface area contributed by atoms with Crippen LogP contribution < -0.4 is 10.3 Å². The maximum atomic E-state index is 11.8. The van der Waals surface area contributed by atoms with E-state index < -0.39 is 0 Å². The second kappa shape index (κ2) is 8.29. The molecule has 0 atom stereocenters. The Labute approximate surface area is 135 Å². The van der Waals surface area contributed by atoms with E-state index in [0.29, 0.717) is 18.5 Å². The predicted molar refractivity (Wildman–Crippen MR) is 89.2 cm³/mol.